The summed E-state index contributed by atoms with van der Waals surface area (Å²) >= 11 is 5.60. The number of rotatable bonds is 4. The second kappa shape index (κ2) is 5.96. The summed E-state index contributed by atoms with van der Waals surface area (Å²) in [7, 11) is 1.09. The van der Waals surface area contributed by atoms with E-state index in [1.54, 1.807) is 6.92 Å². The van der Waals surface area contributed by atoms with Crippen LogP contribution in [-0.2, 0) is 13.8 Å². The van der Waals surface area contributed by atoms with E-state index in [0.717, 1.165) is 10.9 Å². The summed E-state index contributed by atoms with van der Waals surface area (Å²) in [5.41, 5.74) is -0.288. The van der Waals surface area contributed by atoms with Crippen molar-refractivity contribution in [3.8, 4) is 5.82 Å². The zero-order valence-corrected chi connectivity index (χ0v) is 12.9. The van der Waals surface area contributed by atoms with Gasteiger partial charge in [0, 0.05) is 10.7 Å². The van der Waals surface area contributed by atoms with Crippen LogP contribution in [0.4, 0.5) is 0 Å². The Morgan fingerprint density at radius 1 is 1.38 bits per heavy atom. The van der Waals surface area contributed by atoms with E-state index in [-0.39, 0.29) is 23.1 Å². The van der Waals surface area contributed by atoms with Gasteiger partial charge in [-0.25, -0.2) is 13.2 Å². The predicted octanol–water partition coefficient (Wildman–Crippen LogP) is 1.42. The average Bonchev–Trinajstić information content (AvgIpc) is 2.84. The van der Waals surface area contributed by atoms with E-state index in [2.05, 4.69) is 15.3 Å². The molecule has 0 aliphatic carbocycles. The first-order valence-electron chi connectivity index (χ1n) is 5.54. The normalized spacial score (nSPS) is 11.4. The largest absolute Gasteiger partial charge is 0.462 e. The van der Waals surface area contributed by atoms with Crippen molar-refractivity contribution < 1.29 is 17.9 Å². The zero-order valence-electron chi connectivity index (χ0n) is 10.5. The van der Waals surface area contributed by atoms with Gasteiger partial charge < -0.3 is 4.74 Å². The van der Waals surface area contributed by atoms with Crippen molar-refractivity contribution in [1.29, 1.82) is 0 Å². The van der Waals surface area contributed by atoms with Crippen LogP contribution >= 0.6 is 22.3 Å². The minimum Gasteiger partial charge on any atom is -0.462 e. The first-order chi connectivity index (χ1) is 9.84. The van der Waals surface area contributed by atoms with Crippen LogP contribution in [0, 0.1) is 0 Å². The Bertz CT molecular complexity index is 773. The smallest absolute Gasteiger partial charge is 0.342 e. The molecule has 0 aliphatic rings. The van der Waals surface area contributed by atoms with E-state index in [1.807, 2.05) is 0 Å². The molecule has 0 spiro atoms. The summed E-state index contributed by atoms with van der Waals surface area (Å²) in [4.78, 5) is 11.8. The summed E-state index contributed by atoms with van der Waals surface area (Å²) in [6, 6.07) is 2.77. The van der Waals surface area contributed by atoms with Gasteiger partial charge in [0.15, 0.2) is 16.0 Å². The van der Waals surface area contributed by atoms with Crippen LogP contribution in [0.2, 0.25) is 5.15 Å². The highest BCUT2D eigenvalue weighted by atomic mass is 35.7. The molecule has 21 heavy (non-hydrogen) atoms. The number of esters is 1. The SMILES string of the molecule is CCOC(=O)c1cnn(-c2ccc(Cl)nn2)c1S(=O)(=O)Cl. The van der Waals surface area contributed by atoms with Crippen molar-refractivity contribution in [2.75, 3.05) is 6.61 Å². The standard InChI is InChI=1S/C10H8Cl2N4O4S/c1-2-20-10(17)6-5-13-16(9(6)21(12,18)19)8-4-3-7(11)14-15-8/h3-5H,2H2,1H3. The van der Waals surface area contributed by atoms with Crippen molar-refractivity contribution >= 4 is 37.3 Å². The molecule has 0 atom stereocenters. The monoisotopic (exact) mass is 350 g/mol. The summed E-state index contributed by atoms with van der Waals surface area (Å²) < 4.78 is 29.0. The van der Waals surface area contributed by atoms with Crippen molar-refractivity contribution in [2.45, 2.75) is 11.9 Å². The summed E-state index contributed by atoms with van der Waals surface area (Å²) in [5, 5.41) is 10.6. The summed E-state index contributed by atoms with van der Waals surface area (Å²) in [6.45, 7) is 1.66. The van der Waals surface area contributed by atoms with Gasteiger partial charge in [-0.3, -0.25) is 0 Å². The zero-order chi connectivity index (χ0) is 15.6. The minimum atomic E-state index is -4.27. The summed E-state index contributed by atoms with van der Waals surface area (Å²) in [5.74, 6) is -0.820. The predicted molar refractivity (Wildman–Crippen MR) is 73.2 cm³/mol. The third-order valence-electron chi connectivity index (χ3n) is 2.29. The quantitative estimate of drug-likeness (QED) is 0.606. The third-order valence-corrected chi connectivity index (χ3v) is 3.78. The van der Waals surface area contributed by atoms with E-state index in [1.165, 1.54) is 12.1 Å². The van der Waals surface area contributed by atoms with Gasteiger partial charge in [0.2, 0.25) is 0 Å². The van der Waals surface area contributed by atoms with Gasteiger partial charge >= 0.3 is 5.97 Å². The van der Waals surface area contributed by atoms with Crippen molar-refractivity contribution in [2.24, 2.45) is 0 Å². The molecule has 2 heterocycles. The van der Waals surface area contributed by atoms with Crippen LogP contribution in [0.15, 0.2) is 23.4 Å². The van der Waals surface area contributed by atoms with Crippen molar-refractivity contribution in [3.05, 3.63) is 29.0 Å². The number of halogens is 2. The molecular weight excluding hydrogens is 343 g/mol. The molecule has 112 valence electrons. The highest BCUT2D eigenvalue weighted by Gasteiger charge is 2.29. The number of ether oxygens (including phenoxy) is 1. The van der Waals surface area contributed by atoms with Crippen LogP contribution in [0.5, 0.6) is 0 Å². The van der Waals surface area contributed by atoms with Crippen LogP contribution in [-0.4, -0.2) is 41.0 Å². The van der Waals surface area contributed by atoms with E-state index in [0.29, 0.717) is 0 Å². The third kappa shape index (κ3) is 3.31. The fraction of sp³-hybridized carbons (Fsp3) is 0.200. The van der Waals surface area contributed by atoms with Gasteiger partial charge in [-0.05, 0) is 19.1 Å². The first-order valence-corrected chi connectivity index (χ1v) is 8.22. The Labute approximate surface area is 129 Å². The maximum absolute atomic E-state index is 11.8. The molecule has 0 bridgehead atoms. The Hall–Kier alpha value is -1.71. The lowest BCUT2D eigenvalue weighted by atomic mass is 10.4. The highest BCUT2D eigenvalue weighted by Crippen LogP contribution is 2.23. The molecule has 0 saturated carbocycles. The Kier molecular flexibility index (Phi) is 4.45. The summed E-state index contributed by atoms with van der Waals surface area (Å²) in [6.07, 6.45) is 1.03. The first kappa shape index (κ1) is 15.7. The van der Waals surface area contributed by atoms with Crippen molar-refractivity contribution in [1.82, 2.24) is 20.0 Å². The number of nitrogens with zero attached hydrogens (tertiary/aromatic N) is 4. The molecule has 0 unspecified atom stereocenters. The molecule has 0 fully saturated rings. The van der Waals surface area contributed by atoms with E-state index < -0.39 is 20.0 Å². The molecular formula is C10H8Cl2N4O4S. The second-order valence-corrected chi connectivity index (χ2v) is 6.52. The van der Waals surface area contributed by atoms with Gasteiger partial charge in [-0.15, -0.1) is 10.2 Å². The molecule has 0 amide bonds. The van der Waals surface area contributed by atoms with Gasteiger partial charge in [-0.2, -0.15) is 9.78 Å². The Balaban J connectivity index is 2.63. The van der Waals surface area contributed by atoms with Gasteiger partial charge in [-0.1, -0.05) is 11.6 Å². The average molecular weight is 351 g/mol. The molecule has 0 radical (unpaired) electrons. The fourth-order valence-corrected chi connectivity index (χ4v) is 2.80. The number of aromatic nitrogens is 4. The van der Waals surface area contributed by atoms with Gasteiger partial charge in [0.05, 0.1) is 12.8 Å². The number of carbonyl (C=O) groups is 1. The maximum Gasteiger partial charge on any atom is 0.342 e. The molecule has 8 nitrogen and oxygen atoms in total. The lowest BCUT2D eigenvalue weighted by Crippen LogP contribution is -2.12. The fourth-order valence-electron chi connectivity index (χ4n) is 1.51. The number of hydrogen-bond acceptors (Lipinski definition) is 7. The Morgan fingerprint density at radius 3 is 2.62 bits per heavy atom. The van der Waals surface area contributed by atoms with Crippen molar-refractivity contribution in [3.63, 3.8) is 0 Å². The van der Waals surface area contributed by atoms with E-state index in [9.17, 15) is 13.2 Å². The van der Waals surface area contributed by atoms with Crippen LogP contribution in [0.25, 0.3) is 5.82 Å². The van der Waals surface area contributed by atoms with Crippen LogP contribution in [0.3, 0.4) is 0 Å². The molecule has 2 rings (SSSR count). The lowest BCUT2D eigenvalue weighted by Gasteiger charge is -2.05. The minimum absolute atomic E-state index is 0.0363. The topological polar surface area (TPSA) is 104 Å². The van der Waals surface area contributed by atoms with E-state index >= 15 is 0 Å². The van der Waals surface area contributed by atoms with Gasteiger partial charge in [0.25, 0.3) is 9.05 Å². The van der Waals surface area contributed by atoms with Gasteiger partial charge in [0.1, 0.15) is 5.56 Å². The molecule has 11 heteroatoms. The molecule has 2 aromatic heterocycles. The number of hydrogen-bond donors (Lipinski definition) is 0. The van der Waals surface area contributed by atoms with Crippen LogP contribution < -0.4 is 0 Å². The highest BCUT2D eigenvalue weighted by molar-refractivity contribution is 8.13. The maximum atomic E-state index is 11.8. The lowest BCUT2D eigenvalue weighted by molar-refractivity contribution is 0.0521. The molecule has 2 aromatic rings. The van der Waals surface area contributed by atoms with E-state index in [4.69, 9.17) is 27.0 Å². The molecule has 0 aliphatic heterocycles. The molecule has 0 N–H and O–H groups in total. The van der Waals surface area contributed by atoms with Crippen LogP contribution in [0.1, 0.15) is 17.3 Å². The number of carbonyl (C=O) groups excluding carboxylic acids is 1. The Morgan fingerprint density at radius 2 is 2.10 bits per heavy atom. The second-order valence-electron chi connectivity index (χ2n) is 3.65. The molecule has 0 saturated heterocycles. The molecule has 0 aromatic carbocycles.